The SMILES string of the molecule is CNCc1ccc(-c2cccc3ccncc23)s1. The standard InChI is InChI=1S/C15H14N2S/c1-16-9-12-5-6-15(18-12)13-4-2-3-11-7-8-17-10-14(11)13/h2-8,10,16H,9H2,1H3. The maximum absolute atomic E-state index is 4.23. The quantitative estimate of drug-likeness (QED) is 0.771. The molecule has 0 aliphatic rings. The van der Waals surface area contributed by atoms with Gasteiger partial charge in [0.25, 0.3) is 0 Å². The van der Waals surface area contributed by atoms with E-state index in [4.69, 9.17) is 0 Å². The van der Waals surface area contributed by atoms with E-state index in [2.05, 4.69) is 46.7 Å². The molecule has 0 bridgehead atoms. The first kappa shape index (κ1) is 11.4. The van der Waals surface area contributed by atoms with E-state index in [0.717, 1.165) is 6.54 Å². The van der Waals surface area contributed by atoms with E-state index >= 15 is 0 Å². The molecule has 0 fully saturated rings. The summed E-state index contributed by atoms with van der Waals surface area (Å²) in [5.74, 6) is 0. The molecule has 0 atom stereocenters. The lowest BCUT2D eigenvalue weighted by atomic mass is 10.1. The minimum absolute atomic E-state index is 0.924. The number of thiophene rings is 1. The van der Waals surface area contributed by atoms with Crippen molar-refractivity contribution in [3.8, 4) is 10.4 Å². The summed E-state index contributed by atoms with van der Waals surface area (Å²) in [6, 6.07) is 12.8. The van der Waals surface area contributed by atoms with Gasteiger partial charge in [0.2, 0.25) is 0 Å². The molecule has 2 heterocycles. The van der Waals surface area contributed by atoms with Crippen molar-refractivity contribution in [1.82, 2.24) is 10.3 Å². The highest BCUT2D eigenvalue weighted by molar-refractivity contribution is 7.15. The van der Waals surface area contributed by atoms with Gasteiger partial charge in [0.05, 0.1) is 0 Å². The Morgan fingerprint density at radius 2 is 2.11 bits per heavy atom. The molecular formula is C15H14N2S. The lowest BCUT2D eigenvalue weighted by Crippen LogP contribution is -2.02. The summed E-state index contributed by atoms with van der Waals surface area (Å²) in [6.45, 7) is 0.924. The summed E-state index contributed by atoms with van der Waals surface area (Å²) < 4.78 is 0. The number of benzene rings is 1. The third-order valence-corrected chi connectivity index (χ3v) is 4.08. The van der Waals surface area contributed by atoms with Crippen molar-refractivity contribution in [3.63, 3.8) is 0 Å². The second-order valence-corrected chi connectivity index (χ2v) is 5.37. The molecule has 0 saturated carbocycles. The van der Waals surface area contributed by atoms with Crippen molar-refractivity contribution in [2.45, 2.75) is 6.54 Å². The van der Waals surface area contributed by atoms with Gasteiger partial charge in [0.15, 0.2) is 0 Å². The number of nitrogens with one attached hydrogen (secondary N) is 1. The van der Waals surface area contributed by atoms with E-state index in [1.807, 2.05) is 30.8 Å². The molecule has 0 saturated heterocycles. The topological polar surface area (TPSA) is 24.9 Å². The number of nitrogens with zero attached hydrogens (tertiary/aromatic N) is 1. The van der Waals surface area contributed by atoms with Crippen LogP contribution in [0.25, 0.3) is 21.2 Å². The summed E-state index contributed by atoms with van der Waals surface area (Å²) in [7, 11) is 1.97. The highest BCUT2D eigenvalue weighted by Crippen LogP contribution is 2.33. The monoisotopic (exact) mass is 254 g/mol. The van der Waals surface area contributed by atoms with E-state index in [1.54, 1.807) is 0 Å². The predicted molar refractivity (Wildman–Crippen MR) is 77.8 cm³/mol. The molecule has 0 spiro atoms. The Bertz CT molecular complexity index is 668. The molecule has 0 radical (unpaired) electrons. The van der Waals surface area contributed by atoms with Crippen LogP contribution in [0.15, 0.2) is 48.8 Å². The normalized spacial score (nSPS) is 10.9. The largest absolute Gasteiger partial charge is 0.315 e. The zero-order chi connectivity index (χ0) is 12.4. The molecular weight excluding hydrogens is 240 g/mol. The Morgan fingerprint density at radius 1 is 1.17 bits per heavy atom. The molecule has 1 N–H and O–H groups in total. The van der Waals surface area contributed by atoms with Gasteiger partial charge in [-0.25, -0.2) is 0 Å². The molecule has 18 heavy (non-hydrogen) atoms. The average molecular weight is 254 g/mol. The van der Waals surface area contributed by atoms with Crippen molar-refractivity contribution in [3.05, 3.63) is 53.7 Å². The van der Waals surface area contributed by atoms with Gasteiger partial charge in [-0.1, -0.05) is 18.2 Å². The second-order valence-electron chi connectivity index (χ2n) is 4.20. The second kappa shape index (κ2) is 4.88. The lowest BCUT2D eigenvalue weighted by molar-refractivity contribution is 0.831. The molecule has 0 aliphatic heterocycles. The predicted octanol–water partition coefficient (Wildman–Crippen LogP) is 3.68. The molecule has 0 aliphatic carbocycles. The van der Waals surface area contributed by atoms with Crippen LogP contribution in [0.4, 0.5) is 0 Å². The van der Waals surface area contributed by atoms with Crippen LogP contribution >= 0.6 is 11.3 Å². The van der Waals surface area contributed by atoms with Gasteiger partial charge >= 0.3 is 0 Å². The van der Waals surface area contributed by atoms with Crippen molar-refractivity contribution >= 4 is 22.1 Å². The van der Waals surface area contributed by atoms with E-state index < -0.39 is 0 Å². The maximum Gasteiger partial charge on any atom is 0.0352 e. The average Bonchev–Trinajstić information content (AvgIpc) is 2.87. The number of hydrogen-bond acceptors (Lipinski definition) is 3. The zero-order valence-corrected chi connectivity index (χ0v) is 11.0. The van der Waals surface area contributed by atoms with Crippen LogP contribution in [0.2, 0.25) is 0 Å². The summed E-state index contributed by atoms with van der Waals surface area (Å²) in [5.41, 5.74) is 1.27. The smallest absolute Gasteiger partial charge is 0.0352 e. The minimum atomic E-state index is 0.924. The summed E-state index contributed by atoms with van der Waals surface area (Å²) in [5, 5.41) is 5.65. The van der Waals surface area contributed by atoms with Gasteiger partial charge in [-0.15, -0.1) is 11.3 Å². The molecule has 1 aromatic carbocycles. The van der Waals surface area contributed by atoms with Gasteiger partial charge in [0, 0.05) is 39.6 Å². The van der Waals surface area contributed by atoms with Gasteiger partial charge in [-0.05, 0) is 30.6 Å². The molecule has 90 valence electrons. The Hall–Kier alpha value is -1.71. The van der Waals surface area contributed by atoms with E-state index in [0.29, 0.717) is 0 Å². The van der Waals surface area contributed by atoms with E-state index in [9.17, 15) is 0 Å². The Kier molecular flexibility index (Phi) is 3.09. The van der Waals surface area contributed by atoms with Crippen LogP contribution in [-0.2, 0) is 6.54 Å². The Balaban J connectivity index is 2.12. The van der Waals surface area contributed by atoms with E-state index in [-0.39, 0.29) is 0 Å². The third-order valence-electron chi connectivity index (χ3n) is 2.96. The van der Waals surface area contributed by atoms with Gasteiger partial charge in [-0.3, -0.25) is 4.98 Å². The highest BCUT2D eigenvalue weighted by Gasteiger charge is 2.06. The van der Waals surface area contributed by atoms with Crippen LogP contribution in [0.3, 0.4) is 0 Å². The summed E-state index contributed by atoms with van der Waals surface area (Å²) in [6.07, 6.45) is 3.79. The Labute approximate surface area is 110 Å². The van der Waals surface area contributed by atoms with Crippen molar-refractivity contribution in [1.29, 1.82) is 0 Å². The van der Waals surface area contributed by atoms with Gasteiger partial charge < -0.3 is 5.32 Å². The fourth-order valence-corrected chi connectivity index (χ4v) is 3.18. The lowest BCUT2D eigenvalue weighted by Gasteiger charge is -2.03. The Morgan fingerprint density at radius 3 is 3.00 bits per heavy atom. The first-order valence-corrected chi connectivity index (χ1v) is 6.76. The summed E-state index contributed by atoms with van der Waals surface area (Å²) in [4.78, 5) is 6.89. The third kappa shape index (κ3) is 2.03. The number of fused-ring (bicyclic) bond motifs is 1. The molecule has 0 unspecified atom stereocenters. The maximum atomic E-state index is 4.23. The van der Waals surface area contributed by atoms with Crippen LogP contribution in [-0.4, -0.2) is 12.0 Å². The number of hydrogen-bond donors (Lipinski definition) is 1. The number of pyridine rings is 1. The van der Waals surface area contributed by atoms with Gasteiger partial charge in [-0.2, -0.15) is 0 Å². The minimum Gasteiger partial charge on any atom is -0.315 e. The fourth-order valence-electron chi connectivity index (χ4n) is 2.12. The van der Waals surface area contributed by atoms with Crippen molar-refractivity contribution < 1.29 is 0 Å². The van der Waals surface area contributed by atoms with Crippen LogP contribution in [0, 0.1) is 0 Å². The van der Waals surface area contributed by atoms with E-state index in [1.165, 1.54) is 26.1 Å². The molecule has 2 nitrogen and oxygen atoms in total. The number of rotatable bonds is 3. The fraction of sp³-hybridized carbons (Fsp3) is 0.133. The van der Waals surface area contributed by atoms with Crippen molar-refractivity contribution in [2.75, 3.05) is 7.05 Å². The number of aromatic nitrogens is 1. The van der Waals surface area contributed by atoms with Gasteiger partial charge in [0.1, 0.15) is 0 Å². The zero-order valence-electron chi connectivity index (χ0n) is 10.2. The molecule has 3 rings (SSSR count). The first-order valence-electron chi connectivity index (χ1n) is 5.95. The molecule has 2 aromatic heterocycles. The molecule has 3 aromatic rings. The molecule has 3 heteroatoms. The molecule has 0 amide bonds. The highest BCUT2D eigenvalue weighted by atomic mass is 32.1. The first-order chi connectivity index (χ1) is 8.88. The van der Waals surface area contributed by atoms with Crippen LogP contribution < -0.4 is 5.32 Å². The van der Waals surface area contributed by atoms with Crippen LogP contribution in [0.1, 0.15) is 4.88 Å². The van der Waals surface area contributed by atoms with Crippen LogP contribution in [0.5, 0.6) is 0 Å². The summed E-state index contributed by atoms with van der Waals surface area (Å²) >= 11 is 1.84. The van der Waals surface area contributed by atoms with Crippen molar-refractivity contribution in [2.24, 2.45) is 0 Å².